The Morgan fingerprint density at radius 3 is 2.67 bits per heavy atom. The van der Waals surface area contributed by atoms with Gasteiger partial charge in [-0.25, -0.2) is 4.39 Å². The Bertz CT molecular complexity index is 327. The van der Waals surface area contributed by atoms with E-state index in [-0.39, 0.29) is 11.2 Å². The van der Waals surface area contributed by atoms with Crippen molar-refractivity contribution in [3.63, 3.8) is 0 Å². The molecule has 84 valence electrons. The van der Waals surface area contributed by atoms with E-state index in [1.54, 1.807) is 0 Å². The van der Waals surface area contributed by atoms with Gasteiger partial charge in [-0.3, -0.25) is 0 Å². The fourth-order valence-electron chi connectivity index (χ4n) is 1.57. The molecular formula is C12H15BrClF. The maximum absolute atomic E-state index is 13.0. The first-order chi connectivity index (χ1) is 7.04. The van der Waals surface area contributed by atoms with Crippen LogP contribution in [0.3, 0.4) is 0 Å². The van der Waals surface area contributed by atoms with Gasteiger partial charge in [-0.1, -0.05) is 19.9 Å². The van der Waals surface area contributed by atoms with E-state index in [1.165, 1.54) is 6.07 Å². The Hall–Kier alpha value is -0.0800. The van der Waals surface area contributed by atoms with E-state index < -0.39 is 0 Å². The lowest BCUT2D eigenvalue weighted by molar-refractivity contribution is 0.530. The number of alkyl halides is 1. The molecule has 2 atom stereocenters. The molecule has 0 aliphatic heterocycles. The Kier molecular flexibility index (Phi) is 5.07. The van der Waals surface area contributed by atoms with Crippen LogP contribution < -0.4 is 0 Å². The van der Waals surface area contributed by atoms with Crippen LogP contribution in [0.5, 0.6) is 0 Å². The summed E-state index contributed by atoms with van der Waals surface area (Å²) in [6, 6.07) is 5.13. The Morgan fingerprint density at radius 1 is 1.47 bits per heavy atom. The van der Waals surface area contributed by atoms with Crippen LogP contribution in [0.25, 0.3) is 0 Å². The molecule has 1 aromatic carbocycles. The molecule has 0 radical (unpaired) electrons. The molecule has 1 rings (SSSR count). The molecule has 15 heavy (non-hydrogen) atoms. The minimum atomic E-state index is -0.218. The Morgan fingerprint density at radius 2 is 2.13 bits per heavy atom. The first kappa shape index (κ1) is 13.0. The van der Waals surface area contributed by atoms with E-state index in [0.717, 1.165) is 18.4 Å². The van der Waals surface area contributed by atoms with Crippen molar-refractivity contribution >= 4 is 27.5 Å². The molecular weight excluding hydrogens is 278 g/mol. The predicted molar refractivity (Wildman–Crippen MR) is 66.9 cm³/mol. The molecule has 0 fully saturated rings. The molecule has 0 saturated carbocycles. The summed E-state index contributed by atoms with van der Waals surface area (Å²) in [5, 5.41) is 0.189. The molecule has 0 aliphatic carbocycles. The smallest absolute Gasteiger partial charge is 0.137 e. The average molecular weight is 294 g/mol. The number of hydrogen-bond donors (Lipinski definition) is 0. The maximum atomic E-state index is 13.0. The van der Waals surface area contributed by atoms with Crippen LogP contribution in [0.4, 0.5) is 4.39 Å². The van der Waals surface area contributed by atoms with Crippen molar-refractivity contribution in [1.82, 2.24) is 0 Å². The van der Waals surface area contributed by atoms with Gasteiger partial charge in [-0.05, 0) is 52.4 Å². The largest absolute Gasteiger partial charge is 0.206 e. The van der Waals surface area contributed by atoms with Crippen LogP contribution in [-0.2, 0) is 6.42 Å². The van der Waals surface area contributed by atoms with Crippen LogP contribution in [0.15, 0.2) is 22.7 Å². The summed E-state index contributed by atoms with van der Waals surface area (Å²) in [5.41, 5.74) is 1.12. The highest BCUT2D eigenvalue weighted by atomic mass is 79.9. The Balaban J connectivity index is 2.68. The molecule has 1 aromatic rings. The molecule has 0 aliphatic rings. The lowest BCUT2D eigenvalue weighted by Gasteiger charge is -2.16. The monoisotopic (exact) mass is 292 g/mol. The van der Waals surface area contributed by atoms with Crippen LogP contribution in [0.1, 0.15) is 25.8 Å². The number of halogens is 3. The third-order valence-electron chi connectivity index (χ3n) is 2.55. The zero-order chi connectivity index (χ0) is 11.4. The number of hydrogen-bond acceptors (Lipinski definition) is 0. The van der Waals surface area contributed by atoms with Gasteiger partial charge in [0.05, 0.1) is 4.47 Å². The van der Waals surface area contributed by atoms with Crippen molar-refractivity contribution in [2.75, 3.05) is 0 Å². The highest BCUT2D eigenvalue weighted by molar-refractivity contribution is 9.10. The summed E-state index contributed by atoms with van der Waals surface area (Å²) in [5.74, 6) is 0.193. The molecule has 0 nitrogen and oxygen atoms in total. The summed E-state index contributed by atoms with van der Waals surface area (Å²) < 4.78 is 13.5. The molecule has 0 aromatic heterocycles. The van der Waals surface area contributed by atoms with Gasteiger partial charge < -0.3 is 0 Å². The first-order valence-corrected chi connectivity index (χ1v) is 6.35. The van der Waals surface area contributed by atoms with E-state index in [1.807, 2.05) is 12.1 Å². The van der Waals surface area contributed by atoms with Crippen LogP contribution in [0.2, 0.25) is 0 Å². The molecule has 0 N–H and O–H groups in total. The second-order valence-corrected chi connectivity index (χ2v) is 5.27. The fraction of sp³-hybridized carbons (Fsp3) is 0.500. The summed E-state index contributed by atoms with van der Waals surface area (Å²) in [7, 11) is 0. The molecule has 0 spiro atoms. The second-order valence-electron chi connectivity index (χ2n) is 3.85. The van der Waals surface area contributed by atoms with Crippen molar-refractivity contribution in [1.29, 1.82) is 0 Å². The topological polar surface area (TPSA) is 0 Å². The average Bonchev–Trinajstić information content (AvgIpc) is 2.22. The third kappa shape index (κ3) is 3.76. The van der Waals surface area contributed by atoms with Crippen molar-refractivity contribution < 1.29 is 4.39 Å². The Labute approximate surface area is 104 Å². The quantitative estimate of drug-likeness (QED) is 0.701. The van der Waals surface area contributed by atoms with Crippen molar-refractivity contribution in [3.05, 3.63) is 34.1 Å². The zero-order valence-corrected chi connectivity index (χ0v) is 11.3. The number of benzene rings is 1. The molecule has 2 unspecified atom stereocenters. The minimum Gasteiger partial charge on any atom is -0.206 e. The summed E-state index contributed by atoms with van der Waals surface area (Å²) in [6.07, 6.45) is 1.85. The summed E-state index contributed by atoms with van der Waals surface area (Å²) in [6.45, 7) is 4.20. The fourth-order valence-corrected chi connectivity index (χ4v) is 2.08. The molecule has 3 heteroatoms. The van der Waals surface area contributed by atoms with Gasteiger partial charge in [-0.15, -0.1) is 11.6 Å². The van der Waals surface area contributed by atoms with Gasteiger partial charge in [0.1, 0.15) is 5.82 Å². The molecule has 0 saturated heterocycles. The van der Waals surface area contributed by atoms with E-state index in [4.69, 9.17) is 11.6 Å². The van der Waals surface area contributed by atoms with E-state index in [9.17, 15) is 4.39 Å². The molecule has 0 amide bonds. The molecule has 0 heterocycles. The van der Waals surface area contributed by atoms with Gasteiger partial charge in [0.25, 0.3) is 0 Å². The van der Waals surface area contributed by atoms with Gasteiger partial charge in [-0.2, -0.15) is 0 Å². The van der Waals surface area contributed by atoms with Gasteiger partial charge >= 0.3 is 0 Å². The first-order valence-electron chi connectivity index (χ1n) is 5.12. The second kappa shape index (κ2) is 5.86. The van der Waals surface area contributed by atoms with Crippen molar-refractivity contribution in [3.8, 4) is 0 Å². The lowest BCUT2D eigenvalue weighted by atomic mass is 9.96. The summed E-state index contributed by atoms with van der Waals surface area (Å²) in [4.78, 5) is 0. The van der Waals surface area contributed by atoms with Crippen LogP contribution in [-0.4, -0.2) is 5.38 Å². The normalized spacial score (nSPS) is 15.0. The number of rotatable bonds is 4. The highest BCUT2D eigenvalue weighted by Gasteiger charge is 2.13. The SMILES string of the molecule is CCC(Cl)C(C)Cc1ccc(F)c(Br)c1. The highest BCUT2D eigenvalue weighted by Crippen LogP contribution is 2.22. The van der Waals surface area contributed by atoms with Crippen molar-refractivity contribution in [2.45, 2.75) is 32.1 Å². The van der Waals surface area contributed by atoms with Gasteiger partial charge in [0.15, 0.2) is 0 Å². The van der Waals surface area contributed by atoms with E-state index in [0.29, 0.717) is 10.4 Å². The van der Waals surface area contributed by atoms with Gasteiger partial charge in [0, 0.05) is 5.38 Å². The predicted octanol–water partition coefficient (Wildman–Crippen LogP) is 4.78. The van der Waals surface area contributed by atoms with Crippen LogP contribution in [0, 0.1) is 11.7 Å². The molecule has 0 bridgehead atoms. The minimum absolute atomic E-state index is 0.189. The summed E-state index contributed by atoms with van der Waals surface area (Å²) >= 11 is 9.33. The van der Waals surface area contributed by atoms with Crippen molar-refractivity contribution in [2.24, 2.45) is 5.92 Å². The van der Waals surface area contributed by atoms with E-state index in [2.05, 4.69) is 29.8 Å². The standard InChI is InChI=1S/C12H15BrClF/c1-3-11(14)8(2)6-9-4-5-12(15)10(13)7-9/h4-5,7-8,11H,3,6H2,1-2H3. The maximum Gasteiger partial charge on any atom is 0.137 e. The van der Waals surface area contributed by atoms with Gasteiger partial charge in [0.2, 0.25) is 0 Å². The van der Waals surface area contributed by atoms with Crippen LogP contribution >= 0.6 is 27.5 Å². The van der Waals surface area contributed by atoms with E-state index >= 15 is 0 Å². The third-order valence-corrected chi connectivity index (χ3v) is 3.90. The lowest BCUT2D eigenvalue weighted by Crippen LogP contribution is -2.13. The zero-order valence-electron chi connectivity index (χ0n) is 8.93.